The van der Waals surface area contributed by atoms with Crippen LogP contribution < -0.4 is 0 Å². The molecular weight excluding hydrogens is 389 g/mol. The van der Waals surface area contributed by atoms with Crippen molar-refractivity contribution in [1.29, 1.82) is 0 Å². The number of nitrogens with zero attached hydrogens (tertiary/aromatic N) is 4. The van der Waals surface area contributed by atoms with Crippen molar-refractivity contribution in [2.24, 2.45) is 7.05 Å². The van der Waals surface area contributed by atoms with Crippen LogP contribution in [0.3, 0.4) is 0 Å². The Bertz CT molecular complexity index is 1230. The molecule has 0 saturated carbocycles. The van der Waals surface area contributed by atoms with Gasteiger partial charge in [0.15, 0.2) is 0 Å². The molecule has 0 saturated heterocycles. The first-order valence-corrected chi connectivity index (χ1v) is 9.01. The van der Waals surface area contributed by atoms with E-state index >= 15 is 0 Å². The van der Waals surface area contributed by atoms with Crippen molar-refractivity contribution in [3.05, 3.63) is 90.1 Å². The highest BCUT2D eigenvalue weighted by Gasteiger charge is 2.32. The van der Waals surface area contributed by atoms with Gasteiger partial charge in [0.05, 0.1) is 0 Å². The van der Waals surface area contributed by atoms with Gasteiger partial charge >= 0.3 is 6.18 Å². The van der Waals surface area contributed by atoms with E-state index in [1.807, 2.05) is 37.5 Å². The van der Waals surface area contributed by atoms with E-state index in [0.717, 1.165) is 28.5 Å². The Kier molecular flexibility index (Phi) is 5.07. The molecule has 0 bridgehead atoms. The van der Waals surface area contributed by atoms with Crippen LogP contribution in [0.2, 0.25) is 0 Å². The predicted molar refractivity (Wildman–Crippen MR) is 107 cm³/mol. The number of hydrogen-bond donors (Lipinski definition) is 0. The third-order valence-corrected chi connectivity index (χ3v) is 4.35. The fraction of sp³-hybridized carbons (Fsp3) is 0.0870. The van der Waals surface area contributed by atoms with E-state index in [2.05, 4.69) is 26.9 Å². The maximum Gasteiger partial charge on any atom is 0.433 e. The lowest BCUT2D eigenvalue weighted by molar-refractivity contribution is -0.141. The highest BCUT2D eigenvalue weighted by atomic mass is 19.4. The van der Waals surface area contributed by atoms with Gasteiger partial charge in [0, 0.05) is 42.3 Å². The van der Waals surface area contributed by atoms with Gasteiger partial charge in [-0.1, -0.05) is 24.1 Å². The van der Waals surface area contributed by atoms with E-state index in [4.69, 9.17) is 0 Å². The van der Waals surface area contributed by atoms with Gasteiger partial charge in [0.2, 0.25) is 0 Å². The molecule has 0 aliphatic rings. The van der Waals surface area contributed by atoms with Crippen LogP contribution in [0.5, 0.6) is 0 Å². The smallest absolute Gasteiger partial charge is 0.275 e. The van der Waals surface area contributed by atoms with Crippen molar-refractivity contribution < 1.29 is 13.2 Å². The van der Waals surface area contributed by atoms with Gasteiger partial charge in [-0.15, -0.1) is 0 Å². The van der Waals surface area contributed by atoms with Gasteiger partial charge in [-0.05, 0) is 47.9 Å². The molecule has 30 heavy (non-hydrogen) atoms. The number of alkyl halides is 3. The average Bonchev–Trinajstić information content (AvgIpc) is 3.14. The lowest BCUT2D eigenvalue weighted by Gasteiger charge is -2.04. The van der Waals surface area contributed by atoms with Crippen LogP contribution in [0.25, 0.3) is 22.4 Å². The van der Waals surface area contributed by atoms with Crippen molar-refractivity contribution in [1.82, 2.24) is 19.7 Å². The SMILES string of the molecule is Cn1cc(-c2ccncc2)c(-c2ccc(C#Cc3cccc(C(F)(F)F)n3)cc2)n1. The summed E-state index contributed by atoms with van der Waals surface area (Å²) < 4.78 is 40.1. The number of aryl methyl sites for hydroxylation is 1. The lowest BCUT2D eigenvalue weighted by atomic mass is 10.0. The van der Waals surface area contributed by atoms with Crippen LogP contribution in [-0.4, -0.2) is 19.7 Å². The number of pyridine rings is 2. The summed E-state index contributed by atoms with van der Waals surface area (Å²) in [4.78, 5) is 7.60. The fourth-order valence-corrected chi connectivity index (χ4v) is 2.95. The number of aromatic nitrogens is 4. The summed E-state index contributed by atoms with van der Waals surface area (Å²) in [6.07, 6.45) is 0.908. The molecule has 3 heterocycles. The van der Waals surface area contributed by atoms with Gasteiger partial charge in [0.25, 0.3) is 0 Å². The van der Waals surface area contributed by atoms with Gasteiger partial charge in [-0.25, -0.2) is 4.98 Å². The van der Waals surface area contributed by atoms with Crippen LogP contribution in [-0.2, 0) is 13.2 Å². The minimum atomic E-state index is -4.49. The maximum atomic E-state index is 12.8. The molecule has 148 valence electrons. The average molecular weight is 404 g/mol. The van der Waals surface area contributed by atoms with Gasteiger partial charge in [-0.3, -0.25) is 9.67 Å². The second-order valence-corrected chi connectivity index (χ2v) is 6.53. The summed E-state index contributed by atoms with van der Waals surface area (Å²) in [5.74, 6) is 5.54. The maximum absolute atomic E-state index is 12.8. The van der Waals surface area contributed by atoms with E-state index in [1.165, 1.54) is 12.1 Å². The molecule has 4 nitrogen and oxygen atoms in total. The zero-order chi connectivity index (χ0) is 21.1. The van der Waals surface area contributed by atoms with Crippen molar-refractivity contribution in [2.45, 2.75) is 6.18 Å². The van der Waals surface area contributed by atoms with Crippen LogP contribution in [0.1, 0.15) is 17.0 Å². The standard InChI is InChI=1S/C23H15F3N4/c1-30-15-20(17-11-13-27-14-12-17)22(29-30)18-8-5-16(6-9-18)7-10-19-3-2-4-21(28-19)23(24,25)26/h2-6,8-9,11-15H,1H3. The highest BCUT2D eigenvalue weighted by Crippen LogP contribution is 2.30. The van der Waals surface area contributed by atoms with Crippen molar-refractivity contribution in [3.63, 3.8) is 0 Å². The molecule has 0 aliphatic carbocycles. The molecule has 0 spiro atoms. The topological polar surface area (TPSA) is 43.6 Å². The minimum Gasteiger partial charge on any atom is -0.275 e. The molecule has 0 unspecified atom stereocenters. The number of halogens is 3. The third kappa shape index (κ3) is 4.23. The first-order valence-electron chi connectivity index (χ1n) is 9.01. The predicted octanol–water partition coefficient (Wildman–Crippen LogP) is 4.96. The first-order chi connectivity index (χ1) is 14.4. The molecule has 0 radical (unpaired) electrons. The zero-order valence-electron chi connectivity index (χ0n) is 15.9. The molecular formula is C23H15F3N4. The number of rotatable bonds is 2. The van der Waals surface area contributed by atoms with Crippen LogP contribution in [0.15, 0.2) is 73.2 Å². The summed E-state index contributed by atoms with van der Waals surface area (Å²) in [5, 5.41) is 4.56. The molecule has 0 amide bonds. The van der Waals surface area contributed by atoms with E-state index < -0.39 is 11.9 Å². The molecule has 3 aromatic heterocycles. The van der Waals surface area contributed by atoms with Crippen LogP contribution in [0.4, 0.5) is 13.2 Å². The second kappa shape index (κ2) is 7.84. The molecule has 1 aromatic carbocycles. The largest absolute Gasteiger partial charge is 0.433 e. The Morgan fingerprint density at radius 3 is 2.30 bits per heavy atom. The quantitative estimate of drug-likeness (QED) is 0.444. The zero-order valence-corrected chi connectivity index (χ0v) is 15.9. The highest BCUT2D eigenvalue weighted by molar-refractivity contribution is 5.80. The normalized spacial score (nSPS) is 11.1. The van der Waals surface area contributed by atoms with E-state index in [-0.39, 0.29) is 5.69 Å². The molecule has 7 heteroatoms. The summed E-state index contributed by atoms with van der Waals surface area (Å²) in [6, 6.07) is 14.9. The lowest BCUT2D eigenvalue weighted by Crippen LogP contribution is -2.08. The van der Waals surface area contributed by atoms with Gasteiger partial charge in [-0.2, -0.15) is 18.3 Å². The number of benzene rings is 1. The monoisotopic (exact) mass is 404 g/mol. The van der Waals surface area contributed by atoms with Gasteiger partial charge < -0.3 is 0 Å². The Morgan fingerprint density at radius 2 is 1.60 bits per heavy atom. The van der Waals surface area contributed by atoms with Crippen LogP contribution in [0, 0.1) is 11.8 Å². The second-order valence-electron chi connectivity index (χ2n) is 6.53. The Hall–Kier alpha value is -3.92. The Balaban J connectivity index is 1.61. The minimum absolute atomic E-state index is 0.0681. The summed E-state index contributed by atoms with van der Waals surface area (Å²) >= 11 is 0. The molecule has 0 fully saturated rings. The Morgan fingerprint density at radius 1 is 0.867 bits per heavy atom. The van der Waals surface area contributed by atoms with E-state index in [1.54, 1.807) is 29.2 Å². The van der Waals surface area contributed by atoms with E-state index in [9.17, 15) is 13.2 Å². The van der Waals surface area contributed by atoms with Crippen molar-refractivity contribution in [3.8, 4) is 34.2 Å². The fourth-order valence-electron chi connectivity index (χ4n) is 2.95. The van der Waals surface area contributed by atoms with Crippen molar-refractivity contribution >= 4 is 0 Å². The molecule has 0 atom stereocenters. The van der Waals surface area contributed by atoms with Crippen LogP contribution >= 0.6 is 0 Å². The summed E-state index contributed by atoms with van der Waals surface area (Å²) in [7, 11) is 1.86. The molecule has 0 aliphatic heterocycles. The third-order valence-electron chi connectivity index (χ3n) is 4.35. The van der Waals surface area contributed by atoms with E-state index in [0.29, 0.717) is 5.56 Å². The number of hydrogen-bond acceptors (Lipinski definition) is 3. The summed E-state index contributed by atoms with van der Waals surface area (Å²) in [6.45, 7) is 0. The molecule has 4 rings (SSSR count). The first kappa shape index (κ1) is 19.4. The van der Waals surface area contributed by atoms with Crippen molar-refractivity contribution in [2.75, 3.05) is 0 Å². The molecule has 0 N–H and O–H groups in total. The Labute approximate surface area is 171 Å². The molecule has 4 aromatic rings. The summed E-state index contributed by atoms with van der Waals surface area (Å²) in [5.41, 5.74) is 3.49. The van der Waals surface area contributed by atoms with Gasteiger partial charge in [0.1, 0.15) is 17.1 Å².